The lowest BCUT2D eigenvalue weighted by Crippen LogP contribution is -2.41. The average molecular weight is 830 g/mol. The summed E-state index contributed by atoms with van der Waals surface area (Å²) in [7, 11) is -2.36. The van der Waals surface area contributed by atoms with Crippen molar-refractivity contribution < 1.29 is 42.5 Å². The molecule has 4 aromatic carbocycles. The van der Waals surface area contributed by atoms with Crippen molar-refractivity contribution >= 4 is 86.4 Å². The Labute approximate surface area is 341 Å². The van der Waals surface area contributed by atoms with Gasteiger partial charge in [-0.2, -0.15) is 0 Å². The molecule has 296 valence electrons. The Kier molecular flexibility index (Phi) is 11.1. The Balaban J connectivity index is 0.000000143. The molecule has 0 bridgehead atoms. The third kappa shape index (κ3) is 7.73. The maximum Gasteiger partial charge on any atom is 0.498 e. The second kappa shape index (κ2) is 15.2. The van der Waals surface area contributed by atoms with E-state index in [9.17, 15) is 4.39 Å². The van der Waals surface area contributed by atoms with Crippen LogP contribution in [0.4, 0.5) is 4.39 Å². The highest BCUT2D eigenvalue weighted by Crippen LogP contribution is 2.43. The third-order valence-electron chi connectivity index (χ3n) is 12.1. The third-order valence-corrected chi connectivity index (χ3v) is 12.7. The summed E-state index contributed by atoms with van der Waals surface area (Å²) in [5.41, 5.74) is 2.40. The van der Waals surface area contributed by atoms with Crippen LogP contribution in [0.15, 0.2) is 98.2 Å². The van der Waals surface area contributed by atoms with Gasteiger partial charge in [-0.3, -0.25) is 4.39 Å². The number of hydrogen-bond donors (Lipinski definition) is 0. The standard InChI is InChI=1S/C18H19BO3.C12H24B2O4.C12H7BrO.CH3F/c1-17(2)18(3,4)22-19(21-17)14-10-7-9-13-12-8-5-6-11-15(12)20-16(13)14;1-9(2)10(3,4)16-13(15-9)14-17-11(5,6)12(7,8)18-14;13-10-6-3-5-9-8-4-1-2-7-11(8)14-12(9)10;1-2/h5-11H,1-4H3;1-8H3;1-7H;1H3/i;;;1D. The summed E-state index contributed by atoms with van der Waals surface area (Å²) in [6.07, 6.45) is 0. The van der Waals surface area contributed by atoms with Crippen LogP contribution in [0.2, 0.25) is 0 Å². The van der Waals surface area contributed by atoms with Gasteiger partial charge in [-0.25, -0.2) is 0 Å². The van der Waals surface area contributed by atoms with E-state index < -0.39 is 28.3 Å². The lowest BCUT2D eigenvalue weighted by molar-refractivity contribution is 0.00578. The molecule has 0 N–H and O–H groups in total. The number of alkyl halides is 1. The molecule has 3 fully saturated rings. The lowest BCUT2D eigenvalue weighted by Gasteiger charge is -2.32. The van der Waals surface area contributed by atoms with E-state index in [0.717, 1.165) is 48.4 Å². The van der Waals surface area contributed by atoms with Crippen LogP contribution in [0.25, 0.3) is 43.9 Å². The number of halogens is 2. The fourth-order valence-corrected chi connectivity index (χ4v) is 7.08. The van der Waals surface area contributed by atoms with Crippen molar-refractivity contribution in [2.45, 2.75) is 117 Å². The molecule has 0 radical (unpaired) electrons. The van der Waals surface area contributed by atoms with Crippen molar-refractivity contribution in [3.63, 3.8) is 0 Å². The highest BCUT2D eigenvalue weighted by molar-refractivity contribution is 9.10. The Bertz CT molecular complexity index is 2280. The van der Waals surface area contributed by atoms with Gasteiger partial charge in [-0.05, 0) is 117 Å². The summed E-state index contributed by atoms with van der Waals surface area (Å²) in [6.45, 7) is 24.5. The average Bonchev–Trinajstić information content (AvgIpc) is 3.86. The summed E-state index contributed by atoms with van der Waals surface area (Å²) in [6, 6.07) is 28.4. The predicted octanol–water partition coefficient (Wildman–Crippen LogP) is 11.1. The summed E-state index contributed by atoms with van der Waals surface area (Å²) in [4.78, 5) is 0. The molecule has 3 aliphatic heterocycles. The predicted molar refractivity (Wildman–Crippen MR) is 230 cm³/mol. The molecule has 0 atom stereocenters. The van der Waals surface area contributed by atoms with E-state index in [1.807, 2.05) is 116 Å². The van der Waals surface area contributed by atoms with Crippen molar-refractivity contribution in [3.8, 4) is 0 Å². The SMILES string of the molecule is Brc1cccc2c1oc1ccccc12.CC1(C)OB(B2OC(C)(C)C(C)(C)O2)OC1(C)C.CC1(C)OB(c2cccc3c2oc2ccccc23)OC1(C)C.[2H]CF. The Morgan fingerprint density at radius 2 is 0.804 bits per heavy atom. The van der Waals surface area contributed by atoms with Crippen LogP contribution < -0.4 is 5.46 Å². The fraction of sp³-hybridized carbons (Fsp3) is 0.442. The van der Waals surface area contributed by atoms with E-state index in [2.05, 4.69) is 67.9 Å². The van der Waals surface area contributed by atoms with Gasteiger partial charge in [0.15, 0.2) is 0 Å². The van der Waals surface area contributed by atoms with E-state index in [-0.39, 0.29) is 33.6 Å². The minimum atomic E-state index is -1.00. The van der Waals surface area contributed by atoms with E-state index in [0.29, 0.717) is 0 Å². The van der Waals surface area contributed by atoms with Gasteiger partial charge in [-0.15, -0.1) is 0 Å². The zero-order valence-corrected chi connectivity index (χ0v) is 36.1. The quantitative estimate of drug-likeness (QED) is 0.160. The summed E-state index contributed by atoms with van der Waals surface area (Å²) in [5, 5.41) is 4.55. The Morgan fingerprint density at radius 3 is 1.25 bits per heavy atom. The number of para-hydroxylation sites is 4. The summed E-state index contributed by atoms with van der Waals surface area (Å²) < 4.78 is 64.5. The first-order valence-electron chi connectivity index (χ1n) is 19.6. The molecule has 0 saturated carbocycles. The van der Waals surface area contributed by atoms with Crippen LogP contribution in [0.3, 0.4) is 0 Å². The number of benzene rings is 4. The molecule has 5 heterocycles. The molecule has 0 aliphatic carbocycles. The number of fused-ring (bicyclic) bond motifs is 6. The molecule has 8 nitrogen and oxygen atoms in total. The van der Waals surface area contributed by atoms with Gasteiger partial charge >= 0.3 is 21.1 Å². The van der Waals surface area contributed by atoms with Gasteiger partial charge in [0, 0.05) is 27.0 Å². The highest BCUT2D eigenvalue weighted by Gasteiger charge is 2.63. The van der Waals surface area contributed by atoms with Crippen LogP contribution >= 0.6 is 15.9 Å². The highest BCUT2D eigenvalue weighted by atomic mass is 79.9. The van der Waals surface area contributed by atoms with Crippen molar-refractivity contribution in [1.29, 1.82) is 0 Å². The molecule has 0 unspecified atom stereocenters. The van der Waals surface area contributed by atoms with E-state index >= 15 is 0 Å². The smallest absolute Gasteiger partial charge is 0.456 e. The molecule has 0 amide bonds. The second-order valence-corrected chi connectivity index (χ2v) is 18.2. The molecule has 3 saturated heterocycles. The Morgan fingerprint density at radius 1 is 0.464 bits per heavy atom. The molecule has 13 heteroatoms. The number of hydrogen-bond acceptors (Lipinski definition) is 8. The van der Waals surface area contributed by atoms with Crippen LogP contribution in [0.5, 0.6) is 0 Å². The topological polar surface area (TPSA) is 81.7 Å². The van der Waals surface area contributed by atoms with Gasteiger partial charge in [0.1, 0.15) is 22.3 Å². The normalized spacial score (nSPS) is 21.3. The molecule has 2 aromatic heterocycles. The minimum Gasteiger partial charge on any atom is -0.456 e. The van der Waals surface area contributed by atoms with Crippen molar-refractivity contribution in [1.82, 2.24) is 0 Å². The monoisotopic (exact) mass is 829 g/mol. The maximum atomic E-state index is 9.96. The summed E-state index contributed by atoms with van der Waals surface area (Å²) in [5.74, 6) is 0. The molecular formula is C43H53B3BrFO8. The molecule has 56 heavy (non-hydrogen) atoms. The molecule has 3 aliphatic rings. The molecular weight excluding hydrogens is 776 g/mol. The van der Waals surface area contributed by atoms with Gasteiger partial charge in [0.2, 0.25) is 0 Å². The van der Waals surface area contributed by atoms with Crippen molar-refractivity contribution in [2.24, 2.45) is 0 Å². The maximum absolute atomic E-state index is 9.96. The number of furan rings is 2. The molecule has 6 aromatic rings. The first kappa shape index (κ1) is 41.0. The van der Waals surface area contributed by atoms with Gasteiger partial charge in [0.25, 0.3) is 0 Å². The first-order valence-corrected chi connectivity index (χ1v) is 19.7. The largest absolute Gasteiger partial charge is 0.498 e. The molecule has 0 spiro atoms. The number of rotatable bonds is 2. The van der Waals surface area contributed by atoms with Crippen molar-refractivity contribution in [2.75, 3.05) is 7.15 Å². The first-order chi connectivity index (χ1) is 26.5. The minimum absolute atomic E-state index is 0.355. The lowest BCUT2D eigenvalue weighted by atomic mass is 9.49. The molecule has 9 rings (SSSR count). The van der Waals surface area contributed by atoms with Crippen LogP contribution in [0.1, 0.15) is 84.5 Å². The van der Waals surface area contributed by atoms with E-state index in [4.69, 9.17) is 38.1 Å². The van der Waals surface area contributed by atoms with Gasteiger partial charge < -0.3 is 36.8 Å². The second-order valence-electron chi connectivity index (χ2n) is 17.4. The van der Waals surface area contributed by atoms with Crippen molar-refractivity contribution in [3.05, 3.63) is 89.4 Å². The van der Waals surface area contributed by atoms with E-state index in [1.54, 1.807) is 0 Å². The van der Waals surface area contributed by atoms with Crippen LogP contribution in [-0.2, 0) is 27.9 Å². The zero-order chi connectivity index (χ0) is 41.8. The Hall–Kier alpha value is -3.16. The zero-order valence-electron chi connectivity index (χ0n) is 35.5. The van der Waals surface area contributed by atoms with Gasteiger partial charge in [0.05, 0.1) is 46.6 Å². The van der Waals surface area contributed by atoms with Crippen LogP contribution in [0, 0.1) is 0 Å². The fourth-order valence-electron chi connectivity index (χ4n) is 6.64. The van der Waals surface area contributed by atoms with E-state index in [1.165, 1.54) is 5.39 Å². The summed E-state index contributed by atoms with van der Waals surface area (Å²) >= 11 is 3.48. The van der Waals surface area contributed by atoms with Gasteiger partial charge in [-0.1, -0.05) is 66.7 Å². The van der Waals surface area contributed by atoms with Crippen LogP contribution in [-0.4, -0.2) is 61.9 Å².